The molecule has 1 amide bonds. The van der Waals surface area contributed by atoms with Gasteiger partial charge >= 0.3 is 0 Å². The molecule has 1 atom stereocenters. The van der Waals surface area contributed by atoms with Crippen LogP contribution in [0.5, 0.6) is 0 Å². The predicted molar refractivity (Wildman–Crippen MR) is 86.2 cm³/mol. The molecule has 3 aromatic rings. The van der Waals surface area contributed by atoms with E-state index < -0.39 is 23.6 Å². The molecule has 0 aliphatic carbocycles. The van der Waals surface area contributed by atoms with E-state index in [0.29, 0.717) is 5.82 Å². The van der Waals surface area contributed by atoms with Crippen molar-refractivity contribution in [2.24, 2.45) is 0 Å². The first-order valence-corrected chi connectivity index (χ1v) is 7.60. The van der Waals surface area contributed by atoms with E-state index in [1.165, 1.54) is 6.07 Å². The Bertz CT molecular complexity index is 882. The lowest BCUT2D eigenvalue weighted by Gasteiger charge is -2.14. The fraction of sp³-hybridized carbons (Fsp3) is 0.176. The van der Waals surface area contributed by atoms with E-state index in [1.54, 1.807) is 6.92 Å². The number of rotatable bonds is 5. The van der Waals surface area contributed by atoms with Gasteiger partial charge in [-0.15, -0.1) is 10.2 Å². The largest absolute Gasteiger partial charge is 0.348 e. The molecular formula is C17H15F2N5O. The zero-order chi connectivity index (χ0) is 17.8. The number of benzene rings is 2. The second-order valence-corrected chi connectivity index (χ2v) is 5.46. The summed E-state index contributed by atoms with van der Waals surface area (Å²) >= 11 is 0. The van der Waals surface area contributed by atoms with Crippen LogP contribution in [0.4, 0.5) is 8.78 Å². The molecule has 6 nitrogen and oxygen atoms in total. The highest BCUT2D eigenvalue weighted by Crippen LogP contribution is 2.17. The van der Waals surface area contributed by atoms with Crippen molar-refractivity contribution in [3.63, 3.8) is 0 Å². The van der Waals surface area contributed by atoms with Crippen molar-refractivity contribution in [2.45, 2.75) is 19.5 Å². The van der Waals surface area contributed by atoms with E-state index in [1.807, 2.05) is 30.3 Å². The molecular weight excluding hydrogens is 328 g/mol. The zero-order valence-electron chi connectivity index (χ0n) is 13.4. The summed E-state index contributed by atoms with van der Waals surface area (Å²) in [4.78, 5) is 13.2. The Hall–Kier alpha value is -3.16. The number of carbonyl (C=O) groups is 1. The number of halogens is 2. The lowest BCUT2D eigenvalue weighted by molar-refractivity contribution is -0.122. The van der Waals surface area contributed by atoms with Crippen LogP contribution in [0.1, 0.15) is 18.5 Å². The van der Waals surface area contributed by atoms with E-state index in [4.69, 9.17) is 0 Å². The Morgan fingerprint density at radius 2 is 1.96 bits per heavy atom. The minimum atomic E-state index is -0.710. The van der Waals surface area contributed by atoms with Crippen LogP contribution in [0.25, 0.3) is 11.4 Å². The van der Waals surface area contributed by atoms with E-state index in [9.17, 15) is 13.6 Å². The summed E-state index contributed by atoms with van der Waals surface area (Å²) in [6.07, 6.45) is 0. The average Bonchev–Trinajstić information content (AvgIpc) is 3.03. The second-order valence-electron chi connectivity index (χ2n) is 5.46. The molecule has 25 heavy (non-hydrogen) atoms. The molecule has 128 valence electrons. The SMILES string of the molecule is C[C@H](NC(=O)Cn1nnc(-c2ccccc2)n1)c1ccc(F)cc1F. The number of hydrogen-bond acceptors (Lipinski definition) is 4. The molecule has 0 saturated carbocycles. The molecule has 1 N–H and O–H groups in total. The molecule has 2 aromatic carbocycles. The van der Waals surface area contributed by atoms with Gasteiger partial charge in [-0.2, -0.15) is 4.80 Å². The van der Waals surface area contributed by atoms with Crippen molar-refractivity contribution in [2.75, 3.05) is 0 Å². The van der Waals surface area contributed by atoms with Gasteiger partial charge in [0.05, 0.1) is 6.04 Å². The van der Waals surface area contributed by atoms with Crippen LogP contribution < -0.4 is 5.32 Å². The summed E-state index contributed by atoms with van der Waals surface area (Å²) in [5, 5.41) is 14.5. The maximum Gasteiger partial charge on any atom is 0.244 e. The number of amides is 1. The number of carbonyl (C=O) groups excluding carboxylic acids is 1. The second kappa shape index (κ2) is 7.16. The number of hydrogen-bond donors (Lipinski definition) is 1. The summed E-state index contributed by atoms with van der Waals surface area (Å²) in [5.41, 5.74) is 0.988. The maximum atomic E-state index is 13.7. The van der Waals surface area contributed by atoms with Gasteiger partial charge in [0.15, 0.2) is 0 Å². The van der Waals surface area contributed by atoms with E-state index in [0.717, 1.165) is 22.5 Å². The number of tetrazole rings is 1. The van der Waals surface area contributed by atoms with Gasteiger partial charge in [0, 0.05) is 17.2 Å². The van der Waals surface area contributed by atoms with Crippen LogP contribution in [0.3, 0.4) is 0 Å². The smallest absolute Gasteiger partial charge is 0.244 e. The summed E-state index contributed by atoms with van der Waals surface area (Å²) in [7, 11) is 0. The third-order valence-electron chi connectivity index (χ3n) is 3.58. The molecule has 0 saturated heterocycles. The maximum absolute atomic E-state index is 13.7. The fourth-order valence-electron chi connectivity index (χ4n) is 2.36. The van der Waals surface area contributed by atoms with Crippen LogP contribution in [0, 0.1) is 11.6 Å². The summed E-state index contributed by atoms with van der Waals surface area (Å²) in [6.45, 7) is 1.45. The van der Waals surface area contributed by atoms with Gasteiger partial charge in [0.25, 0.3) is 0 Å². The molecule has 0 radical (unpaired) electrons. The first-order valence-electron chi connectivity index (χ1n) is 7.60. The standard InChI is InChI=1S/C17H15F2N5O/c1-11(14-8-7-13(18)9-15(14)19)20-16(25)10-24-22-17(21-23-24)12-5-3-2-4-6-12/h2-9,11H,10H2,1H3,(H,20,25)/t11-/m0/s1. The lowest BCUT2D eigenvalue weighted by Crippen LogP contribution is -2.31. The van der Waals surface area contributed by atoms with E-state index in [-0.39, 0.29) is 12.1 Å². The number of nitrogens with zero attached hydrogens (tertiary/aromatic N) is 4. The summed E-state index contributed by atoms with van der Waals surface area (Å²) in [5.74, 6) is -1.38. The number of aromatic nitrogens is 4. The molecule has 1 aromatic heterocycles. The molecule has 0 aliphatic rings. The highest BCUT2D eigenvalue weighted by atomic mass is 19.1. The molecule has 0 spiro atoms. The van der Waals surface area contributed by atoms with Crippen molar-refractivity contribution < 1.29 is 13.6 Å². The van der Waals surface area contributed by atoms with Gasteiger partial charge in [-0.3, -0.25) is 4.79 Å². The quantitative estimate of drug-likeness (QED) is 0.772. The third-order valence-corrected chi connectivity index (χ3v) is 3.58. The average molecular weight is 343 g/mol. The minimum absolute atomic E-state index is 0.160. The van der Waals surface area contributed by atoms with Crippen LogP contribution >= 0.6 is 0 Å². The predicted octanol–water partition coefficient (Wildman–Crippen LogP) is 2.50. The molecule has 3 rings (SSSR count). The minimum Gasteiger partial charge on any atom is -0.348 e. The Balaban J connectivity index is 1.64. The van der Waals surface area contributed by atoms with Gasteiger partial charge in [-0.25, -0.2) is 8.78 Å². The normalized spacial score (nSPS) is 12.0. The van der Waals surface area contributed by atoms with Gasteiger partial charge in [-0.1, -0.05) is 36.4 Å². The van der Waals surface area contributed by atoms with Crippen LogP contribution in [0.2, 0.25) is 0 Å². The molecule has 0 unspecified atom stereocenters. The molecule has 0 aliphatic heterocycles. The van der Waals surface area contributed by atoms with Gasteiger partial charge in [0.1, 0.15) is 18.2 Å². The zero-order valence-corrected chi connectivity index (χ0v) is 13.4. The third kappa shape index (κ3) is 4.03. The molecule has 0 fully saturated rings. The Kier molecular flexibility index (Phi) is 4.78. The monoisotopic (exact) mass is 343 g/mol. The Labute approximate surface area is 142 Å². The van der Waals surface area contributed by atoms with Crippen molar-refractivity contribution in [3.8, 4) is 11.4 Å². The highest BCUT2D eigenvalue weighted by molar-refractivity contribution is 5.76. The van der Waals surface area contributed by atoms with Crippen LogP contribution in [-0.4, -0.2) is 26.1 Å². The summed E-state index contributed by atoms with van der Waals surface area (Å²) < 4.78 is 26.7. The van der Waals surface area contributed by atoms with Crippen molar-refractivity contribution in [3.05, 3.63) is 65.7 Å². The topological polar surface area (TPSA) is 72.7 Å². The van der Waals surface area contributed by atoms with Gasteiger partial charge in [-0.05, 0) is 18.2 Å². The molecule has 1 heterocycles. The van der Waals surface area contributed by atoms with E-state index in [2.05, 4.69) is 20.7 Å². The van der Waals surface area contributed by atoms with Crippen molar-refractivity contribution >= 4 is 5.91 Å². The molecule has 8 heteroatoms. The fourth-order valence-corrected chi connectivity index (χ4v) is 2.36. The van der Waals surface area contributed by atoms with Gasteiger partial charge < -0.3 is 5.32 Å². The summed E-state index contributed by atoms with van der Waals surface area (Å²) in [6, 6.07) is 11.8. The Morgan fingerprint density at radius 3 is 2.68 bits per heavy atom. The first-order chi connectivity index (χ1) is 12.0. The first kappa shape index (κ1) is 16.7. The molecule has 0 bridgehead atoms. The number of nitrogens with one attached hydrogen (secondary N) is 1. The highest BCUT2D eigenvalue weighted by Gasteiger charge is 2.15. The van der Waals surface area contributed by atoms with Crippen LogP contribution in [0.15, 0.2) is 48.5 Å². The lowest BCUT2D eigenvalue weighted by atomic mass is 10.1. The van der Waals surface area contributed by atoms with Gasteiger partial charge in [0.2, 0.25) is 11.7 Å². The Morgan fingerprint density at radius 1 is 1.20 bits per heavy atom. The van der Waals surface area contributed by atoms with Crippen LogP contribution in [-0.2, 0) is 11.3 Å². The van der Waals surface area contributed by atoms with E-state index >= 15 is 0 Å². The van der Waals surface area contributed by atoms with Crippen molar-refractivity contribution in [1.29, 1.82) is 0 Å². The van der Waals surface area contributed by atoms with Crippen molar-refractivity contribution in [1.82, 2.24) is 25.5 Å².